The van der Waals surface area contributed by atoms with E-state index in [0.717, 1.165) is 25.7 Å². The largest absolute Gasteiger partial charge is 0.481 e. The van der Waals surface area contributed by atoms with Crippen LogP contribution in [0.25, 0.3) is 0 Å². The summed E-state index contributed by atoms with van der Waals surface area (Å²) in [6.45, 7) is 4.93. The molecule has 0 atom stereocenters. The highest BCUT2D eigenvalue weighted by atomic mass is 16.4. The van der Waals surface area contributed by atoms with E-state index in [1.807, 2.05) is 7.05 Å². The summed E-state index contributed by atoms with van der Waals surface area (Å²) in [5.74, 6) is -0.595. The van der Waals surface area contributed by atoms with Crippen LogP contribution < -0.4 is 0 Å². The predicted octanol–water partition coefficient (Wildman–Crippen LogP) is 2.75. The van der Waals surface area contributed by atoms with Gasteiger partial charge >= 0.3 is 5.97 Å². The average molecular weight is 227 g/mol. The Balaban J connectivity index is 2.74. The van der Waals surface area contributed by atoms with Crippen LogP contribution in [-0.2, 0) is 4.79 Å². The third-order valence-electron chi connectivity index (χ3n) is 3.95. The molecule has 0 aromatic rings. The molecule has 3 nitrogen and oxygen atoms in total. The maximum Gasteiger partial charge on any atom is 0.310 e. The molecule has 0 saturated heterocycles. The van der Waals surface area contributed by atoms with Gasteiger partial charge < -0.3 is 10.0 Å². The second-order valence-corrected chi connectivity index (χ2v) is 5.51. The molecule has 0 heterocycles. The average Bonchev–Trinajstić information content (AvgIpc) is 2.44. The molecule has 1 aliphatic carbocycles. The van der Waals surface area contributed by atoms with Crippen molar-refractivity contribution in [2.75, 3.05) is 13.6 Å². The summed E-state index contributed by atoms with van der Waals surface area (Å²) >= 11 is 0. The minimum Gasteiger partial charge on any atom is -0.481 e. The van der Waals surface area contributed by atoms with Gasteiger partial charge in [0.1, 0.15) is 0 Å². The van der Waals surface area contributed by atoms with Crippen molar-refractivity contribution in [3.05, 3.63) is 0 Å². The Hall–Kier alpha value is -0.570. The molecule has 0 aromatic carbocycles. The van der Waals surface area contributed by atoms with E-state index < -0.39 is 11.4 Å². The van der Waals surface area contributed by atoms with E-state index in [1.54, 1.807) is 0 Å². The summed E-state index contributed by atoms with van der Waals surface area (Å²) in [6, 6.07) is 0.416. The molecule has 1 rings (SSSR count). The van der Waals surface area contributed by atoms with Gasteiger partial charge in [0.2, 0.25) is 0 Å². The van der Waals surface area contributed by atoms with E-state index >= 15 is 0 Å². The monoisotopic (exact) mass is 227 g/mol. The molecule has 1 aliphatic rings. The fraction of sp³-hybridized carbons (Fsp3) is 0.923. The molecule has 0 spiro atoms. The Labute approximate surface area is 98.8 Å². The van der Waals surface area contributed by atoms with E-state index in [4.69, 9.17) is 0 Å². The maximum absolute atomic E-state index is 11.6. The van der Waals surface area contributed by atoms with Crippen molar-refractivity contribution < 1.29 is 9.90 Å². The lowest BCUT2D eigenvalue weighted by molar-refractivity contribution is -0.151. The van der Waals surface area contributed by atoms with Gasteiger partial charge in [-0.05, 0) is 33.7 Å². The van der Waals surface area contributed by atoms with E-state index in [-0.39, 0.29) is 0 Å². The molecule has 0 bridgehead atoms. The van der Waals surface area contributed by atoms with E-state index in [1.165, 1.54) is 12.8 Å². The number of nitrogens with zero attached hydrogens (tertiary/aromatic N) is 1. The second kappa shape index (κ2) is 5.67. The molecule has 3 heteroatoms. The van der Waals surface area contributed by atoms with Crippen molar-refractivity contribution in [3.8, 4) is 0 Å². The van der Waals surface area contributed by atoms with Crippen LogP contribution in [0.4, 0.5) is 0 Å². The molecule has 16 heavy (non-hydrogen) atoms. The van der Waals surface area contributed by atoms with Gasteiger partial charge in [-0.3, -0.25) is 4.79 Å². The molecule has 0 amide bonds. The van der Waals surface area contributed by atoms with Crippen LogP contribution in [0.15, 0.2) is 0 Å². The van der Waals surface area contributed by atoms with Gasteiger partial charge in [-0.1, -0.05) is 25.7 Å². The zero-order valence-corrected chi connectivity index (χ0v) is 10.8. The van der Waals surface area contributed by atoms with Crippen LogP contribution in [-0.4, -0.2) is 35.6 Å². The molecule has 0 unspecified atom stereocenters. The van der Waals surface area contributed by atoms with Crippen molar-refractivity contribution in [3.63, 3.8) is 0 Å². The zero-order valence-electron chi connectivity index (χ0n) is 10.8. The molecule has 1 fully saturated rings. The molecule has 1 N–H and O–H groups in total. The van der Waals surface area contributed by atoms with Crippen LogP contribution in [0.3, 0.4) is 0 Å². The van der Waals surface area contributed by atoms with Crippen LogP contribution in [0.1, 0.15) is 52.4 Å². The molecular formula is C13H25NO2. The Morgan fingerprint density at radius 1 is 1.25 bits per heavy atom. The molecule has 0 radical (unpaired) electrons. The molecular weight excluding hydrogens is 202 g/mol. The quantitative estimate of drug-likeness (QED) is 0.751. The number of rotatable bonds is 4. The first kappa shape index (κ1) is 13.5. The van der Waals surface area contributed by atoms with E-state index in [0.29, 0.717) is 12.6 Å². The number of hydrogen-bond donors (Lipinski definition) is 1. The Morgan fingerprint density at radius 2 is 1.75 bits per heavy atom. The molecule has 0 aromatic heterocycles. The van der Waals surface area contributed by atoms with Crippen LogP contribution in [0.2, 0.25) is 0 Å². The van der Waals surface area contributed by atoms with E-state index in [9.17, 15) is 9.90 Å². The Morgan fingerprint density at radius 3 is 2.12 bits per heavy atom. The number of carboxylic acids is 1. The van der Waals surface area contributed by atoms with Crippen molar-refractivity contribution in [1.82, 2.24) is 4.90 Å². The van der Waals surface area contributed by atoms with Gasteiger partial charge in [0.25, 0.3) is 0 Å². The van der Waals surface area contributed by atoms with Crippen LogP contribution >= 0.6 is 0 Å². The Bertz CT molecular complexity index is 230. The van der Waals surface area contributed by atoms with Crippen LogP contribution in [0, 0.1) is 5.41 Å². The van der Waals surface area contributed by atoms with Gasteiger partial charge in [0, 0.05) is 12.6 Å². The lowest BCUT2D eigenvalue weighted by Gasteiger charge is -2.34. The van der Waals surface area contributed by atoms with Gasteiger partial charge in [0.05, 0.1) is 5.41 Å². The number of carbonyl (C=O) groups is 1. The van der Waals surface area contributed by atoms with E-state index in [2.05, 4.69) is 18.7 Å². The fourth-order valence-corrected chi connectivity index (χ4v) is 2.50. The molecule has 0 aliphatic heterocycles. The smallest absolute Gasteiger partial charge is 0.310 e. The molecule has 1 saturated carbocycles. The van der Waals surface area contributed by atoms with Gasteiger partial charge in [-0.15, -0.1) is 0 Å². The summed E-state index contributed by atoms with van der Waals surface area (Å²) in [6.07, 6.45) is 6.22. The molecule has 94 valence electrons. The predicted molar refractivity (Wildman–Crippen MR) is 65.5 cm³/mol. The summed E-state index contributed by atoms with van der Waals surface area (Å²) in [5.41, 5.74) is -0.491. The minimum atomic E-state index is -0.595. The standard InChI is InChI=1S/C13H25NO2/c1-11(2)14(3)10-13(12(15)16)8-6-4-5-7-9-13/h11H,4-10H2,1-3H3,(H,15,16). The first-order valence-corrected chi connectivity index (χ1v) is 6.41. The van der Waals surface area contributed by atoms with Crippen molar-refractivity contribution in [2.24, 2.45) is 5.41 Å². The first-order valence-electron chi connectivity index (χ1n) is 6.41. The topological polar surface area (TPSA) is 40.5 Å². The normalized spacial score (nSPS) is 21.1. The maximum atomic E-state index is 11.6. The number of hydrogen-bond acceptors (Lipinski definition) is 2. The van der Waals surface area contributed by atoms with Gasteiger partial charge in [-0.25, -0.2) is 0 Å². The minimum absolute atomic E-state index is 0.416. The highest BCUT2D eigenvalue weighted by molar-refractivity contribution is 5.75. The van der Waals surface area contributed by atoms with Gasteiger partial charge in [0.15, 0.2) is 0 Å². The third kappa shape index (κ3) is 3.21. The third-order valence-corrected chi connectivity index (χ3v) is 3.95. The highest BCUT2D eigenvalue weighted by Crippen LogP contribution is 2.36. The lowest BCUT2D eigenvalue weighted by atomic mass is 9.79. The van der Waals surface area contributed by atoms with Crippen molar-refractivity contribution in [1.29, 1.82) is 0 Å². The lowest BCUT2D eigenvalue weighted by Crippen LogP contribution is -2.43. The number of carboxylic acid groups (broad SMARTS) is 1. The van der Waals surface area contributed by atoms with Crippen LogP contribution in [0.5, 0.6) is 0 Å². The van der Waals surface area contributed by atoms with Crippen molar-refractivity contribution in [2.45, 2.75) is 58.4 Å². The first-order chi connectivity index (χ1) is 7.48. The summed E-state index contributed by atoms with van der Waals surface area (Å²) in [5, 5.41) is 9.52. The zero-order chi connectivity index (χ0) is 12.2. The SMILES string of the molecule is CC(C)N(C)CC1(C(=O)O)CCCCCC1. The fourth-order valence-electron chi connectivity index (χ4n) is 2.50. The summed E-state index contributed by atoms with van der Waals surface area (Å²) < 4.78 is 0. The number of aliphatic carboxylic acids is 1. The summed E-state index contributed by atoms with van der Waals surface area (Å²) in [4.78, 5) is 13.7. The second-order valence-electron chi connectivity index (χ2n) is 5.51. The summed E-state index contributed by atoms with van der Waals surface area (Å²) in [7, 11) is 2.03. The highest BCUT2D eigenvalue weighted by Gasteiger charge is 2.39. The van der Waals surface area contributed by atoms with Gasteiger partial charge in [-0.2, -0.15) is 0 Å². The Kier molecular flexibility index (Phi) is 4.78. The van der Waals surface area contributed by atoms with Crippen molar-refractivity contribution >= 4 is 5.97 Å².